The van der Waals surface area contributed by atoms with Crippen molar-refractivity contribution in [3.63, 3.8) is 0 Å². The number of aryl methyl sites for hydroxylation is 1. The van der Waals surface area contributed by atoms with E-state index in [0.717, 1.165) is 15.9 Å². The highest BCUT2D eigenvalue weighted by Gasteiger charge is 2.17. The number of nitrogens with one attached hydrogen (secondary N) is 1. The number of benzene rings is 1. The Hall–Kier alpha value is -2.40. The van der Waals surface area contributed by atoms with E-state index in [4.69, 9.17) is 4.74 Å². The molecular weight excluding hydrogens is 296 g/mol. The summed E-state index contributed by atoms with van der Waals surface area (Å²) in [7, 11) is 0. The normalized spacial score (nSPS) is 11.8. The van der Waals surface area contributed by atoms with Crippen LogP contribution in [-0.2, 0) is 9.53 Å². The molecule has 112 valence electrons. The summed E-state index contributed by atoms with van der Waals surface area (Å²) in [4.78, 5) is 22.2. The number of fused-ring (bicyclic) bond motifs is 1. The van der Waals surface area contributed by atoms with Crippen LogP contribution in [0.25, 0.3) is 22.7 Å². The van der Waals surface area contributed by atoms with Crippen LogP contribution in [-0.4, -0.2) is 22.5 Å². The van der Waals surface area contributed by atoms with Gasteiger partial charge >= 0.3 is 5.97 Å². The molecule has 0 amide bonds. The Morgan fingerprint density at radius 3 is 2.82 bits per heavy atom. The summed E-state index contributed by atoms with van der Waals surface area (Å²) in [5, 5.41) is 0. The standard InChI is InChI=1S/C17H16N2O2S/c1-3-21-17(20)13(10-12-9-8-11(2)22-12)16-18-14-6-4-5-7-15(14)19-16/h4-10H,3H2,1-2H3,(H,18,19)/b13-10-. The first-order valence-corrected chi connectivity index (χ1v) is 7.89. The third-order valence-corrected chi connectivity index (χ3v) is 4.14. The van der Waals surface area contributed by atoms with E-state index in [1.54, 1.807) is 18.3 Å². The maximum absolute atomic E-state index is 12.3. The van der Waals surface area contributed by atoms with E-state index < -0.39 is 0 Å². The third-order valence-electron chi connectivity index (χ3n) is 3.19. The summed E-state index contributed by atoms with van der Waals surface area (Å²) in [6.07, 6.45) is 1.83. The van der Waals surface area contributed by atoms with E-state index in [9.17, 15) is 4.79 Å². The number of thiophene rings is 1. The van der Waals surface area contributed by atoms with Crippen LogP contribution in [0.2, 0.25) is 0 Å². The molecule has 5 heteroatoms. The highest BCUT2D eigenvalue weighted by Crippen LogP contribution is 2.24. The van der Waals surface area contributed by atoms with Crippen molar-refractivity contribution in [3.8, 4) is 0 Å². The molecule has 0 saturated carbocycles. The second kappa shape index (κ2) is 6.15. The molecule has 0 atom stereocenters. The number of nitrogens with zero attached hydrogens (tertiary/aromatic N) is 1. The molecule has 0 radical (unpaired) electrons. The molecular formula is C17H16N2O2S. The van der Waals surface area contributed by atoms with Gasteiger partial charge in [0.15, 0.2) is 0 Å². The van der Waals surface area contributed by atoms with Crippen LogP contribution in [0.1, 0.15) is 22.5 Å². The number of ether oxygens (including phenoxy) is 1. The van der Waals surface area contributed by atoms with Crippen molar-refractivity contribution in [2.75, 3.05) is 6.61 Å². The smallest absolute Gasteiger partial charge is 0.341 e. The second-order valence-electron chi connectivity index (χ2n) is 4.83. The molecule has 1 N–H and O–H groups in total. The molecule has 4 nitrogen and oxygen atoms in total. The van der Waals surface area contributed by atoms with Crippen molar-refractivity contribution in [1.29, 1.82) is 0 Å². The fraction of sp³-hybridized carbons (Fsp3) is 0.176. The first kappa shape index (κ1) is 14.5. The number of rotatable bonds is 4. The number of hydrogen-bond acceptors (Lipinski definition) is 4. The van der Waals surface area contributed by atoms with Crippen molar-refractivity contribution >= 4 is 40.0 Å². The van der Waals surface area contributed by atoms with E-state index in [1.807, 2.05) is 49.4 Å². The van der Waals surface area contributed by atoms with Gasteiger partial charge in [0.05, 0.1) is 17.6 Å². The van der Waals surface area contributed by atoms with E-state index in [-0.39, 0.29) is 5.97 Å². The number of para-hydroxylation sites is 2. The van der Waals surface area contributed by atoms with Gasteiger partial charge in [0.25, 0.3) is 0 Å². The summed E-state index contributed by atoms with van der Waals surface area (Å²) in [6, 6.07) is 11.7. The zero-order valence-electron chi connectivity index (χ0n) is 12.4. The average Bonchev–Trinajstić information content (AvgIpc) is 3.10. The zero-order valence-corrected chi connectivity index (χ0v) is 13.2. The largest absolute Gasteiger partial charge is 0.462 e. The van der Waals surface area contributed by atoms with Gasteiger partial charge in [0, 0.05) is 9.75 Å². The molecule has 0 spiro atoms. The van der Waals surface area contributed by atoms with E-state index in [2.05, 4.69) is 9.97 Å². The molecule has 3 aromatic rings. The minimum Gasteiger partial charge on any atom is -0.462 e. The van der Waals surface area contributed by atoms with Gasteiger partial charge in [-0.05, 0) is 44.2 Å². The van der Waals surface area contributed by atoms with Gasteiger partial charge in [-0.15, -0.1) is 11.3 Å². The zero-order chi connectivity index (χ0) is 15.5. The lowest BCUT2D eigenvalue weighted by molar-refractivity contribution is -0.136. The number of aromatic amines is 1. The average molecular weight is 312 g/mol. The molecule has 22 heavy (non-hydrogen) atoms. The minimum atomic E-state index is -0.368. The van der Waals surface area contributed by atoms with E-state index in [0.29, 0.717) is 18.0 Å². The molecule has 0 aliphatic rings. The van der Waals surface area contributed by atoms with Crippen LogP contribution in [0.3, 0.4) is 0 Å². The number of hydrogen-bond donors (Lipinski definition) is 1. The van der Waals surface area contributed by atoms with Gasteiger partial charge in [0.2, 0.25) is 0 Å². The molecule has 0 unspecified atom stereocenters. The van der Waals surface area contributed by atoms with E-state index >= 15 is 0 Å². The first-order chi connectivity index (χ1) is 10.7. The maximum atomic E-state index is 12.3. The molecule has 0 bridgehead atoms. The lowest BCUT2D eigenvalue weighted by atomic mass is 10.2. The van der Waals surface area contributed by atoms with Crippen LogP contribution in [0.5, 0.6) is 0 Å². The minimum absolute atomic E-state index is 0.333. The Morgan fingerprint density at radius 1 is 1.32 bits per heavy atom. The Kier molecular flexibility index (Phi) is 4.06. The van der Waals surface area contributed by atoms with Gasteiger partial charge < -0.3 is 9.72 Å². The first-order valence-electron chi connectivity index (χ1n) is 7.07. The van der Waals surface area contributed by atoms with Gasteiger partial charge in [-0.1, -0.05) is 12.1 Å². The summed E-state index contributed by atoms with van der Waals surface area (Å²) in [5.41, 5.74) is 2.17. The molecule has 2 aromatic heterocycles. The molecule has 3 rings (SSSR count). The number of imidazole rings is 1. The number of carbonyl (C=O) groups is 1. The Balaban J connectivity index is 2.08. The van der Waals surface area contributed by atoms with Crippen LogP contribution in [0.15, 0.2) is 36.4 Å². The molecule has 0 fully saturated rings. The second-order valence-corrected chi connectivity index (χ2v) is 6.15. The van der Waals surface area contributed by atoms with Gasteiger partial charge in [-0.3, -0.25) is 0 Å². The lowest BCUT2D eigenvalue weighted by Gasteiger charge is -2.03. The summed E-state index contributed by atoms with van der Waals surface area (Å²) >= 11 is 1.63. The Labute approximate surface area is 132 Å². The third kappa shape index (κ3) is 2.94. The number of carbonyl (C=O) groups excluding carboxylic acids is 1. The van der Waals surface area contributed by atoms with Crippen molar-refractivity contribution in [3.05, 3.63) is 52.0 Å². The quantitative estimate of drug-likeness (QED) is 0.584. The fourth-order valence-corrected chi connectivity index (χ4v) is 3.01. The van der Waals surface area contributed by atoms with Crippen LogP contribution in [0, 0.1) is 6.92 Å². The highest BCUT2D eigenvalue weighted by atomic mass is 32.1. The van der Waals surface area contributed by atoms with Crippen molar-refractivity contribution in [2.45, 2.75) is 13.8 Å². The maximum Gasteiger partial charge on any atom is 0.341 e. The number of aromatic nitrogens is 2. The van der Waals surface area contributed by atoms with Crippen molar-refractivity contribution in [1.82, 2.24) is 9.97 Å². The Morgan fingerprint density at radius 2 is 2.14 bits per heavy atom. The molecule has 2 heterocycles. The summed E-state index contributed by atoms with van der Waals surface area (Å²) in [6.45, 7) is 4.16. The molecule has 0 aliphatic carbocycles. The van der Waals surface area contributed by atoms with Crippen molar-refractivity contribution in [2.24, 2.45) is 0 Å². The highest BCUT2D eigenvalue weighted by molar-refractivity contribution is 7.12. The van der Waals surface area contributed by atoms with Gasteiger partial charge in [-0.25, -0.2) is 9.78 Å². The SMILES string of the molecule is CCOC(=O)/C(=C\c1ccc(C)s1)c1nc2ccccc2[nH]1. The molecule has 1 aromatic carbocycles. The predicted octanol–water partition coefficient (Wildman–Crippen LogP) is 4.04. The van der Waals surface area contributed by atoms with Crippen LogP contribution < -0.4 is 0 Å². The van der Waals surface area contributed by atoms with Crippen LogP contribution >= 0.6 is 11.3 Å². The van der Waals surface area contributed by atoms with Gasteiger partial charge in [0.1, 0.15) is 11.4 Å². The monoisotopic (exact) mass is 312 g/mol. The van der Waals surface area contributed by atoms with Gasteiger partial charge in [-0.2, -0.15) is 0 Å². The number of esters is 1. The van der Waals surface area contributed by atoms with E-state index in [1.165, 1.54) is 4.88 Å². The predicted molar refractivity (Wildman–Crippen MR) is 89.7 cm³/mol. The van der Waals surface area contributed by atoms with Crippen LogP contribution in [0.4, 0.5) is 0 Å². The lowest BCUT2D eigenvalue weighted by Crippen LogP contribution is -2.07. The Bertz CT molecular complexity index is 812. The topological polar surface area (TPSA) is 55.0 Å². The summed E-state index contributed by atoms with van der Waals surface area (Å²) < 4.78 is 5.17. The summed E-state index contributed by atoms with van der Waals surface area (Å²) in [5.74, 6) is 0.165. The number of H-pyrrole nitrogens is 1. The fourth-order valence-electron chi connectivity index (χ4n) is 2.19. The molecule has 0 aliphatic heterocycles. The molecule has 0 saturated heterocycles. The van der Waals surface area contributed by atoms with Crippen molar-refractivity contribution < 1.29 is 9.53 Å².